The lowest BCUT2D eigenvalue weighted by Gasteiger charge is -2.16. The highest BCUT2D eigenvalue weighted by Gasteiger charge is 2.06. The average molecular weight is 250 g/mol. The minimum Gasteiger partial charge on any atom is -0.494 e. The van der Waals surface area contributed by atoms with E-state index < -0.39 is 0 Å². The van der Waals surface area contributed by atoms with Crippen LogP contribution in [-0.4, -0.2) is 38.2 Å². The molecule has 0 saturated heterocycles. The summed E-state index contributed by atoms with van der Waals surface area (Å²) < 4.78 is 5.50. The molecule has 0 aromatic heterocycles. The van der Waals surface area contributed by atoms with Gasteiger partial charge in [-0.15, -0.1) is 0 Å². The number of ether oxygens (including phenoxy) is 1. The number of rotatable bonds is 5. The van der Waals surface area contributed by atoms with E-state index in [-0.39, 0.29) is 6.03 Å². The first-order chi connectivity index (χ1) is 8.58. The van der Waals surface area contributed by atoms with Crippen LogP contribution >= 0.6 is 0 Å². The van der Waals surface area contributed by atoms with E-state index in [9.17, 15) is 4.79 Å². The summed E-state index contributed by atoms with van der Waals surface area (Å²) in [7, 11) is 3.43. The predicted octanol–water partition coefficient (Wildman–Crippen LogP) is 2.21. The van der Waals surface area contributed by atoms with Gasteiger partial charge in [0.15, 0.2) is 0 Å². The van der Waals surface area contributed by atoms with Crippen LogP contribution in [-0.2, 0) is 6.42 Å². The molecule has 1 N–H and O–H groups in total. The monoisotopic (exact) mass is 250 g/mol. The molecule has 0 aliphatic heterocycles. The number of benzene rings is 1. The third-order valence-electron chi connectivity index (χ3n) is 2.84. The Kier molecular flexibility index (Phi) is 5.49. The van der Waals surface area contributed by atoms with Crippen LogP contribution < -0.4 is 10.1 Å². The molecule has 0 aliphatic carbocycles. The normalized spacial score (nSPS) is 10.0. The van der Waals surface area contributed by atoms with Crippen molar-refractivity contribution in [3.8, 4) is 5.75 Å². The van der Waals surface area contributed by atoms with E-state index >= 15 is 0 Å². The van der Waals surface area contributed by atoms with Gasteiger partial charge in [-0.25, -0.2) is 4.79 Å². The summed E-state index contributed by atoms with van der Waals surface area (Å²) >= 11 is 0. The van der Waals surface area contributed by atoms with Crippen LogP contribution in [0.25, 0.3) is 0 Å². The minimum absolute atomic E-state index is 0.0577. The highest BCUT2D eigenvalue weighted by molar-refractivity contribution is 5.73. The number of nitrogens with zero attached hydrogens (tertiary/aromatic N) is 1. The molecule has 1 aromatic carbocycles. The van der Waals surface area contributed by atoms with Gasteiger partial charge in [-0.05, 0) is 37.5 Å². The van der Waals surface area contributed by atoms with Gasteiger partial charge >= 0.3 is 6.03 Å². The quantitative estimate of drug-likeness (QED) is 0.870. The molecule has 0 fully saturated rings. The van der Waals surface area contributed by atoms with Crippen LogP contribution in [0.3, 0.4) is 0 Å². The second kappa shape index (κ2) is 6.89. The lowest BCUT2D eigenvalue weighted by Crippen LogP contribution is -2.36. The molecule has 0 spiro atoms. The topological polar surface area (TPSA) is 41.6 Å². The average Bonchev–Trinajstić information content (AvgIpc) is 2.38. The lowest BCUT2D eigenvalue weighted by molar-refractivity contribution is 0.211. The molecule has 0 unspecified atom stereocenters. The molecule has 4 nitrogen and oxygen atoms in total. The van der Waals surface area contributed by atoms with Crippen molar-refractivity contribution in [1.29, 1.82) is 0 Å². The number of carbonyl (C=O) groups excluding carboxylic acids is 1. The number of hydrogen-bond acceptors (Lipinski definition) is 2. The van der Waals surface area contributed by atoms with E-state index in [4.69, 9.17) is 4.74 Å². The molecule has 18 heavy (non-hydrogen) atoms. The Balaban J connectivity index is 2.58. The number of urea groups is 1. The van der Waals surface area contributed by atoms with Crippen LogP contribution in [0.4, 0.5) is 4.79 Å². The Morgan fingerprint density at radius 2 is 2.17 bits per heavy atom. The number of carbonyl (C=O) groups is 1. The summed E-state index contributed by atoms with van der Waals surface area (Å²) in [4.78, 5) is 13.0. The molecule has 2 amide bonds. The molecule has 0 saturated carbocycles. The maximum Gasteiger partial charge on any atom is 0.316 e. The SMILES string of the molecule is CCOc1ccc(CCN(C)C(=O)NC)cc1C. The maximum atomic E-state index is 11.3. The lowest BCUT2D eigenvalue weighted by atomic mass is 10.1. The Morgan fingerprint density at radius 1 is 1.44 bits per heavy atom. The molecule has 1 rings (SSSR count). The molecule has 0 heterocycles. The molecule has 0 aliphatic rings. The molecular formula is C14H22N2O2. The molecule has 1 aromatic rings. The van der Waals surface area contributed by atoms with Gasteiger partial charge < -0.3 is 15.0 Å². The van der Waals surface area contributed by atoms with Gasteiger partial charge in [0.1, 0.15) is 5.75 Å². The zero-order valence-electron chi connectivity index (χ0n) is 11.6. The zero-order valence-corrected chi connectivity index (χ0v) is 11.6. The van der Waals surface area contributed by atoms with Gasteiger partial charge in [0.05, 0.1) is 6.61 Å². The van der Waals surface area contributed by atoms with Crippen molar-refractivity contribution >= 4 is 6.03 Å². The number of aryl methyl sites for hydroxylation is 1. The van der Waals surface area contributed by atoms with Gasteiger partial charge in [-0.2, -0.15) is 0 Å². The van der Waals surface area contributed by atoms with Crippen molar-refractivity contribution in [3.63, 3.8) is 0 Å². The van der Waals surface area contributed by atoms with Crippen molar-refractivity contribution in [2.45, 2.75) is 20.3 Å². The smallest absolute Gasteiger partial charge is 0.316 e. The number of hydrogen-bond donors (Lipinski definition) is 1. The first-order valence-electron chi connectivity index (χ1n) is 6.23. The Labute approximate surface area is 109 Å². The van der Waals surface area contributed by atoms with Crippen molar-refractivity contribution < 1.29 is 9.53 Å². The maximum absolute atomic E-state index is 11.3. The van der Waals surface area contributed by atoms with Crippen molar-refractivity contribution in [2.24, 2.45) is 0 Å². The summed E-state index contributed by atoms with van der Waals surface area (Å²) in [6.07, 6.45) is 0.844. The third kappa shape index (κ3) is 3.95. The number of likely N-dealkylation sites (N-methyl/N-ethyl adjacent to an activating group) is 1. The van der Waals surface area contributed by atoms with E-state index in [1.54, 1.807) is 19.0 Å². The van der Waals surface area contributed by atoms with Crippen molar-refractivity contribution in [3.05, 3.63) is 29.3 Å². The van der Waals surface area contributed by atoms with Gasteiger partial charge in [-0.3, -0.25) is 0 Å². The number of nitrogens with one attached hydrogen (secondary N) is 1. The van der Waals surface area contributed by atoms with E-state index in [0.29, 0.717) is 13.2 Å². The van der Waals surface area contributed by atoms with Gasteiger partial charge in [-0.1, -0.05) is 12.1 Å². The van der Waals surface area contributed by atoms with Gasteiger partial charge in [0, 0.05) is 20.6 Å². The predicted molar refractivity (Wildman–Crippen MR) is 73.1 cm³/mol. The summed E-state index contributed by atoms with van der Waals surface area (Å²) in [5, 5.41) is 2.61. The summed E-state index contributed by atoms with van der Waals surface area (Å²) in [6.45, 7) is 5.40. The fourth-order valence-corrected chi connectivity index (χ4v) is 1.77. The minimum atomic E-state index is -0.0577. The Hall–Kier alpha value is -1.71. The van der Waals surface area contributed by atoms with Crippen LogP contribution in [0.2, 0.25) is 0 Å². The van der Waals surface area contributed by atoms with E-state index in [2.05, 4.69) is 17.4 Å². The standard InChI is InChI=1S/C14H22N2O2/c1-5-18-13-7-6-12(10-11(13)2)8-9-16(4)14(17)15-3/h6-7,10H,5,8-9H2,1-4H3,(H,15,17). The van der Waals surface area contributed by atoms with Gasteiger partial charge in [0.2, 0.25) is 0 Å². The fourth-order valence-electron chi connectivity index (χ4n) is 1.77. The fraction of sp³-hybridized carbons (Fsp3) is 0.500. The molecule has 0 bridgehead atoms. The second-order valence-electron chi connectivity index (χ2n) is 4.26. The van der Waals surface area contributed by atoms with E-state index in [1.165, 1.54) is 5.56 Å². The van der Waals surface area contributed by atoms with Crippen LogP contribution in [0, 0.1) is 6.92 Å². The molecule has 4 heteroatoms. The Bertz CT molecular complexity index is 405. The van der Waals surface area contributed by atoms with Crippen LogP contribution in [0.5, 0.6) is 5.75 Å². The highest BCUT2D eigenvalue weighted by Crippen LogP contribution is 2.19. The highest BCUT2D eigenvalue weighted by atomic mass is 16.5. The first-order valence-corrected chi connectivity index (χ1v) is 6.23. The van der Waals surface area contributed by atoms with Gasteiger partial charge in [0.25, 0.3) is 0 Å². The molecule has 100 valence electrons. The summed E-state index contributed by atoms with van der Waals surface area (Å²) in [6, 6.07) is 6.10. The summed E-state index contributed by atoms with van der Waals surface area (Å²) in [5.74, 6) is 0.931. The third-order valence-corrected chi connectivity index (χ3v) is 2.84. The second-order valence-corrected chi connectivity index (χ2v) is 4.26. The molecular weight excluding hydrogens is 228 g/mol. The largest absolute Gasteiger partial charge is 0.494 e. The van der Waals surface area contributed by atoms with Crippen molar-refractivity contribution in [2.75, 3.05) is 27.2 Å². The molecule has 0 atom stereocenters. The van der Waals surface area contributed by atoms with Crippen LogP contribution in [0.1, 0.15) is 18.1 Å². The van der Waals surface area contributed by atoms with E-state index in [1.807, 2.05) is 19.9 Å². The zero-order chi connectivity index (χ0) is 13.5. The van der Waals surface area contributed by atoms with E-state index in [0.717, 1.165) is 17.7 Å². The summed E-state index contributed by atoms with van der Waals surface area (Å²) in [5.41, 5.74) is 2.35. The first kappa shape index (κ1) is 14.4. The van der Waals surface area contributed by atoms with Crippen LogP contribution in [0.15, 0.2) is 18.2 Å². The molecule has 0 radical (unpaired) electrons. The number of amides is 2. The Morgan fingerprint density at radius 3 is 2.72 bits per heavy atom. The van der Waals surface area contributed by atoms with Crippen molar-refractivity contribution in [1.82, 2.24) is 10.2 Å².